The molecule has 8 nitrogen and oxygen atoms in total. The normalized spacial score (nSPS) is 18.2. The minimum Gasteiger partial charge on any atom is -0.419 e. The molecule has 162 valence electrons. The quantitative estimate of drug-likeness (QED) is 0.363. The van der Waals surface area contributed by atoms with E-state index in [0.717, 1.165) is 36.0 Å². The molecule has 2 heterocycles. The van der Waals surface area contributed by atoms with Gasteiger partial charge >= 0.3 is 0 Å². The average molecular weight is 412 g/mol. The van der Waals surface area contributed by atoms with Crippen molar-refractivity contribution < 1.29 is 4.42 Å². The number of hydrogen-bond acceptors (Lipinski definition) is 8. The van der Waals surface area contributed by atoms with Crippen molar-refractivity contribution in [1.82, 2.24) is 20.4 Å². The summed E-state index contributed by atoms with van der Waals surface area (Å²) in [5, 5.41) is 18.3. The van der Waals surface area contributed by atoms with Crippen LogP contribution in [0.4, 0.5) is 0 Å². The molecule has 0 radical (unpaired) electrons. The van der Waals surface area contributed by atoms with Gasteiger partial charge in [-0.1, -0.05) is 18.2 Å². The summed E-state index contributed by atoms with van der Waals surface area (Å²) in [6.07, 6.45) is 14.9. The summed E-state index contributed by atoms with van der Waals surface area (Å²) in [7, 11) is 2.17. The van der Waals surface area contributed by atoms with Crippen molar-refractivity contribution in [3.05, 3.63) is 65.3 Å². The van der Waals surface area contributed by atoms with Crippen molar-refractivity contribution in [2.75, 3.05) is 20.1 Å². The molecule has 1 saturated heterocycles. The zero-order chi connectivity index (χ0) is 21.9. The van der Waals surface area contributed by atoms with Gasteiger partial charge in [0.15, 0.2) is 0 Å². The van der Waals surface area contributed by atoms with Gasteiger partial charge in [-0.05, 0) is 70.0 Å². The van der Waals surface area contributed by atoms with Gasteiger partial charge in [0.1, 0.15) is 0 Å². The molecule has 30 heavy (non-hydrogen) atoms. The molecule has 0 unspecified atom stereocenters. The third kappa shape index (κ3) is 7.04. The van der Waals surface area contributed by atoms with Gasteiger partial charge in [-0.25, -0.2) is 0 Å². The lowest BCUT2D eigenvalue weighted by Gasteiger charge is -2.26. The van der Waals surface area contributed by atoms with E-state index in [1.54, 1.807) is 6.20 Å². The Morgan fingerprint density at radius 3 is 2.60 bits per heavy atom. The molecule has 6 N–H and O–H groups in total. The van der Waals surface area contributed by atoms with Crippen molar-refractivity contribution in [2.45, 2.75) is 33.2 Å². The first kappa shape index (κ1) is 23.2. The first-order valence-electron chi connectivity index (χ1n) is 10.1. The molecule has 1 aliphatic rings. The number of aromatic nitrogens is 2. The molecule has 0 bridgehead atoms. The van der Waals surface area contributed by atoms with Crippen LogP contribution in [0.1, 0.15) is 38.5 Å². The lowest BCUT2D eigenvalue weighted by atomic mass is 9.96. The molecule has 0 aliphatic carbocycles. The van der Waals surface area contributed by atoms with Crippen molar-refractivity contribution in [3.63, 3.8) is 0 Å². The average Bonchev–Trinajstić information content (AvgIpc) is 3.23. The SMILES string of the molecule is CC(=C/C=C\C1CCN(C)CC1)/C(=C/N)/C=C(\C)c1nnc(CN/C(C=N)=C/N)o1. The first-order chi connectivity index (χ1) is 14.5. The van der Waals surface area contributed by atoms with Gasteiger partial charge in [0, 0.05) is 24.2 Å². The van der Waals surface area contributed by atoms with Gasteiger partial charge in [0.05, 0.1) is 12.2 Å². The zero-order valence-corrected chi connectivity index (χ0v) is 18.1. The molecule has 1 aliphatic heterocycles. The third-order valence-electron chi connectivity index (χ3n) is 5.08. The Bertz CT molecular complexity index is 853. The number of hydrogen-bond donors (Lipinski definition) is 4. The van der Waals surface area contributed by atoms with Crippen molar-refractivity contribution in [1.29, 1.82) is 5.41 Å². The van der Waals surface area contributed by atoms with E-state index < -0.39 is 0 Å². The Labute approximate surface area is 178 Å². The number of nitrogens with zero attached hydrogens (tertiary/aromatic N) is 3. The Morgan fingerprint density at radius 2 is 1.97 bits per heavy atom. The molecule has 2 rings (SSSR count). The van der Waals surface area contributed by atoms with Crippen LogP contribution in [0.15, 0.2) is 58.0 Å². The maximum Gasteiger partial charge on any atom is 0.243 e. The summed E-state index contributed by atoms with van der Waals surface area (Å²) >= 11 is 0. The lowest BCUT2D eigenvalue weighted by molar-refractivity contribution is 0.244. The van der Waals surface area contributed by atoms with E-state index in [4.69, 9.17) is 21.3 Å². The number of allylic oxidation sites excluding steroid dienone is 8. The minimum absolute atomic E-state index is 0.291. The Morgan fingerprint density at radius 1 is 1.23 bits per heavy atom. The summed E-state index contributed by atoms with van der Waals surface area (Å²) in [4.78, 5) is 2.37. The molecule has 0 atom stereocenters. The maximum absolute atomic E-state index is 7.21. The molecule has 0 aromatic carbocycles. The van der Waals surface area contributed by atoms with Crippen LogP contribution >= 0.6 is 0 Å². The second kappa shape index (κ2) is 11.8. The van der Waals surface area contributed by atoms with Crippen LogP contribution < -0.4 is 16.8 Å². The number of piperidine rings is 1. The second-order valence-electron chi connectivity index (χ2n) is 7.45. The van der Waals surface area contributed by atoms with E-state index in [1.165, 1.54) is 19.0 Å². The molecule has 8 heteroatoms. The number of rotatable bonds is 9. The van der Waals surface area contributed by atoms with Crippen molar-refractivity contribution in [3.8, 4) is 0 Å². The minimum atomic E-state index is 0.291. The van der Waals surface area contributed by atoms with Crippen LogP contribution in [0.3, 0.4) is 0 Å². The Hall–Kier alpha value is -3.13. The zero-order valence-electron chi connectivity index (χ0n) is 18.1. The third-order valence-corrected chi connectivity index (χ3v) is 5.08. The van der Waals surface area contributed by atoms with Gasteiger partial charge in [-0.3, -0.25) is 0 Å². The van der Waals surface area contributed by atoms with E-state index in [0.29, 0.717) is 29.9 Å². The van der Waals surface area contributed by atoms with Crippen LogP contribution in [-0.2, 0) is 6.54 Å². The number of nitrogens with one attached hydrogen (secondary N) is 2. The molecule has 1 fully saturated rings. The highest BCUT2D eigenvalue weighted by atomic mass is 16.4. The van der Waals surface area contributed by atoms with Gasteiger partial charge in [-0.15, -0.1) is 10.2 Å². The molecule has 1 aromatic heterocycles. The first-order valence-corrected chi connectivity index (χ1v) is 10.1. The van der Waals surface area contributed by atoms with Crippen molar-refractivity contribution in [2.24, 2.45) is 17.4 Å². The summed E-state index contributed by atoms with van der Waals surface area (Å²) in [6, 6.07) is 0. The predicted octanol–water partition coefficient (Wildman–Crippen LogP) is 2.70. The highest BCUT2D eigenvalue weighted by Gasteiger charge is 2.13. The molecular weight excluding hydrogens is 378 g/mol. The summed E-state index contributed by atoms with van der Waals surface area (Å²) < 4.78 is 5.68. The van der Waals surface area contributed by atoms with E-state index in [1.807, 2.05) is 19.9 Å². The molecule has 1 aromatic rings. The van der Waals surface area contributed by atoms with Crippen LogP contribution in [0.2, 0.25) is 0 Å². The smallest absolute Gasteiger partial charge is 0.243 e. The summed E-state index contributed by atoms with van der Waals surface area (Å²) in [6.45, 7) is 6.53. The monoisotopic (exact) mass is 411 g/mol. The fraction of sp³-hybridized carbons (Fsp3) is 0.409. The molecule has 0 spiro atoms. The van der Waals surface area contributed by atoms with Crippen LogP contribution in [0.25, 0.3) is 5.57 Å². The number of likely N-dealkylation sites (tertiary alicyclic amines) is 1. The fourth-order valence-corrected chi connectivity index (χ4v) is 3.08. The van der Waals surface area contributed by atoms with E-state index in [-0.39, 0.29) is 0 Å². The van der Waals surface area contributed by atoms with E-state index >= 15 is 0 Å². The topological polar surface area (TPSA) is 130 Å². The van der Waals surface area contributed by atoms with E-state index in [2.05, 4.69) is 45.7 Å². The van der Waals surface area contributed by atoms with Gasteiger partial charge < -0.3 is 31.5 Å². The highest BCUT2D eigenvalue weighted by molar-refractivity contribution is 5.74. The largest absolute Gasteiger partial charge is 0.419 e. The Kier molecular flexibility index (Phi) is 9.08. The predicted molar refractivity (Wildman–Crippen MR) is 121 cm³/mol. The molecule has 0 amide bonds. The van der Waals surface area contributed by atoms with Crippen LogP contribution in [0, 0.1) is 11.3 Å². The van der Waals surface area contributed by atoms with Gasteiger partial charge in [0.25, 0.3) is 0 Å². The van der Waals surface area contributed by atoms with Crippen LogP contribution in [-0.4, -0.2) is 41.4 Å². The lowest BCUT2D eigenvalue weighted by Crippen LogP contribution is -2.29. The Balaban J connectivity index is 2.00. The standard InChI is InChI=1S/C22H33N7O/c1-16(5-4-6-18-7-9-29(3)10-8-18)19(12-23)11-17(2)22-28-27-21(30-22)15-26-20(13-24)14-25/h4-6,11-14,18,24,26H,7-10,15,23,25H2,1-3H3/b6-4-,16-5-,17-11+,19-12+,20-14+,24-13?. The van der Waals surface area contributed by atoms with Crippen LogP contribution in [0.5, 0.6) is 0 Å². The fourth-order valence-electron chi connectivity index (χ4n) is 3.08. The molecular formula is C22H33N7O. The maximum atomic E-state index is 7.21. The van der Waals surface area contributed by atoms with Gasteiger partial charge in [0.2, 0.25) is 11.8 Å². The second-order valence-corrected chi connectivity index (χ2v) is 7.45. The number of nitrogens with two attached hydrogens (primary N) is 2. The molecule has 0 saturated carbocycles. The summed E-state index contributed by atoms with van der Waals surface area (Å²) in [5.74, 6) is 1.47. The summed E-state index contributed by atoms with van der Waals surface area (Å²) in [5.41, 5.74) is 14.5. The van der Waals surface area contributed by atoms with E-state index in [9.17, 15) is 0 Å². The van der Waals surface area contributed by atoms with Crippen molar-refractivity contribution >= 4 is 11.8 Å². The van der Waals surface area contributed by atoms with Gasteiger partial charge in [-0.2, -0.15) is 0 Å². The highest BCUT2D eigenvalue weighted by Crippen LogP contribution is 2.20.